The summed E-state index contributed by atoms with van der Waals surface area (Å²) in [7, 11) is 3.51. The van der Waals surface area contributed by atoms with Crippen LogP contribution in [0.25, 0.3) is 11.6 Å². The van der Waals surface area contributed by atoms with Crippen molar-refractivity contribution in [2.75, 3.05) is 14.2 Å². The summed E-state index contributed by atoms with van der Waals surface area (Å²) >= 11 is 0. The molecular formula is C16H15N3O2. The predicted octanol–water partition coefficient (Wildman–Crippen LogP) is 2.50. The lowest BCUT2D eigenvalue weighted by atomic mass is 10.0. The van der Waals surface area contributed by atoms with Gasteiger partial charge in [0.15, 0.2) is 0 Å². The van der Waals surface area contributed by atoms with Crippen molar-refractivity contribution in [3.63, 3.8) is 0 Å². The smallest absolute Gasteiger partial charge is 0.246 e. The Kier molecular flexibility index (Phi) is 3.15. The van der Waals surface area contributed by atoms with E-state index in [1.54, 1.807) is 18.9 Å². The van der Waals surface area contributed by atoms with E-state index in [-0.39, 0.29) is 6.04 Å². The molecule has 1 aliphatic rings. The molecule has 0 spiro atoms. The lowest BCUT2D eigenvalue weighted by molar-refractivity contribution is 0.405. The van der Waals surface area contributed by atoms with Crippen molar-refractivity contribution in [3.8, 4) is 18.2 Å². The molecule has 106 valence electrons. The van der Waals surface area contributed by atoms with Crippen LogP contribution in [0.3, 0.4) is 0 Å². The molecule has 1 atom stereocenters. The van der Waals surface area contributed by atoms with E-state index < -0.39 is 0 Å². The number of rotatable bonds is 3. The molecule has 0 amide bonds. The van der Waals surface area contributed by atoms with Crippen molar-refractivity contribution in [2.24, 2.45) is 0 Å². The normalized spacial score (nSPS) is 16.1. The van der Waals surface area contributed by atoms with Crippen molar-refractivity contribution in [1.29, 1.82) is 0 Å². The van der Waals surface area contributed by atoms with Gasteiger partial charge in [0, 0.05) is 31.2 Å². The van der Waals surface area contributed by atoms with E-state index in [4.69, 9.17) is 15.6 Å². The van der Waals surface area contributed by atoms with Crippen LogP contribution in [0.5, 0.6) is 5.75 Å². The number of benzene rings is 1. The number of aryl methyl sites for hydroxylation is 1. The number of hydrogen-bond donors (Lipinski definition) is 0. The first-order chi connectivity index (χ1) is 10.2. The molecule has 3 rings (SSSR count). The maximum absolute atomic E-state index is 5.58. The number of aromatic nitrogens is 2. The van der Waals surface area contributed by atoms with Crippen LogP contribution < -0.4 is 4.74 Å². The molecule has 0 fully saturated rings. The standard InChI is InChI=1S/C16H15N3O2/c1-5-19(3)15-11-7-6-8-14(20-4)12(11)9-13(15)16-18-17-10(2)21-16/h1,6-9,15H,2-4H3/t15-/m1/s1. The molecule has 0 N–H and O–H groups in total. The van der Waals surface area contributed by atoms with Crippen LogP contribution in [-0.2, 0) is 0 Å². The second kappa shape index (κ2) is 4.98. The Hall–Kier alpha value is -2.74. The molecule has 0 radical (unpaired) electrons. The lowest BCUT2D eigenvalue weighted by Crippen LogP contribution is -2.19. The van der Waals surface area contributed by atoms with Gasteiger partial charge in [-0.1, -0.05) is 18.6 Å². The summed E-state index contributed by atoms with van der Waals surface area (Å²) in [6.07, 6.45) is 7.58. The van der Waals surface area contributed by atoms with E-state index in [0.717, 1.165) is 22.4 Å². The highest BCUT2D eigenvalue weighted by Gasteiger charge is 2.33. The Morgan fingerprint density at radius 3 is 2.81 bits per heavy atom. The van der Waals surface area contributed by atoms with Crippen molar-refractivity contribution in [1.82, 2.24) is 15.1 Å². The third-order valence-corrected chi connectivity index (χ3v) is 3.57. The molecule has 0 saturated carbocycles. The highest BCUT2D eigenvalue weighted by Crippen LogP contribution is 2.45. The second-order valence-electron chi connectivity index (χ2n) is 4.83. The van der Waals surface area contributed by atoms with Gasteiger partial charge in [0.25, 0.3) is 0 Å². The summed E-state index contributed by atoms with van der Waals surface area (Å²) in [6.45, 7) is 1.76. The Balaban J connectivity index is 2.17. The molecule has 5 heteroatoms. The molecule has 0 bridgehead atoms. The first-order valence-corrected chi connectivity index (χ1v) is 6.53. The molecule has 1 aromatic carbocycles. The molecule has 0 unspecified atom stereocenters. The first kappa shape index (κ1) is 13.3. The minimum absolute atomic E-state index is 0.125. The van der Waals surface area contributed by atoms with E-state index >= 15 is 0 Å². The molecule has 2 aromatic rings. The van der Waals surface area contributed by atoms with Gasteiger partial charge in [0.1, 0.15) is 5.75 Å². The lowest BCUT2D eigenvalue weighted by Gasteiger charge is -2.23. The fourth-order valence-corrected chi connectivity index (χ4v) is 2.62. The molecule has 1 aromatic heterocycles. The van der Waals surface area contributed by atoms with Gasteiger partial charge < -0.3 is 14.1 Å². The van der Waals surface area contributed by atoms with E-state index in [2.05, 4.69) is 16.2 Å². The zero-order chi connectivity index (χ0) is 15.0. The number of terminal acetylenes is 1. The molecular weight excluding hydrogens is 266 g/mol. The average Bonchev–Trinajstić information content (AvgIpc) is 3.09. The molecule has 0 saturated heterocycles. The van der Waals surface area contributed by atoms with Crippen molar-refractivity contribution >= 4 is 11.6 Å². The molecule has 5 nitrogen and oxygen atoms in total. The number of nitrogens with zero attached hydrogens (tertiary/aromatic N) is 3. The van der Waals surface area contributed by atoms with Gasteiger partial charge in [-0.2, -0.15) is 0 Å². The Morgan fingerprint density at radius 2 is 2.19 bits per heavy atom. The van der Waals surface area contributed by atoms with Crippen LogP contribution in [0.2, 0.25) is 0 Å². The van der Waals surface area contributed by atoms with Crippen molar-refractivity contribution < 1.29 is 9.15 Å². The summed E-state index contributed by atoms with van der Waals surface area (Å²) in [5.74, 6) is 1.81. The number of hydrogen-bond acceptors (Lipinski definition) is 5. The van der Waals surface area contributed by atoms with Crippen LogP contribution in [0, 0.1) is 19.4 Å². The maximum Gasteiger partial charge on any atom is 0.246 e. The minimum Gasteiger partial charge on any atom is -0.496 e. The van der Waals surface area contributed by atoms with Gasteiger partial charge in [0.2, 0.25) is 11.8 Å². The molecule has 21 heavy (non-hydrogen) atoms. The van der Waals surface area contributed by atoms with Crippen LogP contribution in [0.1, 0.15) is 29.0 Å². The summed E-state index contributed by atoms with van der Waals surface area (Å²) in [6, 6.07) is 8.43. The third-order valence-electron chi connectivity index (χ3n) is 3.57. The zero-order valence-corrected chi connectivity index (χ0v) is 12.1. The van der Waals surface area contributed by atoms with Gasteiger partial charge in [-0.15, -0.1) is 10.2 Å². The monoisotopic (exact) mass is 281 g/mol. The first-order valence-electron chi connectivity index (χ1n) is 6.53. The zero-order valence-electron chi connectivity index (χ0n) is 12.1. The van der Waals surface area contributed by atoms with Crippen LogP contribution in [0.4, 0.5) is 0 Å². The van der Waals surface area contributed by atoms with Crippen molar-refractivity contribution in [3.05, 3.63) is 41.1 Å². The quantitative estimate of drug-likeness (QED) is 0.639. The fraction of sp³-hybridized carbons (Fsp3) is 0.250. The number of methoxy groups -OCH3 is 1. The number of likely N-dealkylation sites (N-methyl/N-ethyl adjacent to an activating group) is 1. The van der Waals surface area contributed by atoms with Gasteiger partial charge in [-0.25, -0.2) is 0 Å². The number of ether oxygens (including phenoxy) is 1. The highest BCUT2D eigenvalue weighted by molar-refractivity contribution is 5.90. The van der Waals surface area contributed by atoms with Crippen LogP contribution in [-0.4, -0.2) is 29.3 Å². The topological polar surface area (TPSA) is 51.4 Å². The molecule has 0 aliphatic heterocycles. The van der Waals surface area contributed by atoms with Crippen LogP contribution in [0.15, 0.2) is 22.6 Å². The Labute approximate surface area is 123 Å². The maximum atomic E-state index is 5.58. The highest BCUT2D eigenvalue weighted by atomic mass is 16.5. The Morgan fingerprint density at radius 1 is 1.38 bits per heavy atom. The average molecular weight is 281 g/mol. The summed E-state index contributed by atoms with van der Waals surface area (Å²) in [4.78, 5) is 1.79. The van der Waals surface area contributed by atoms with Crippen molar-refractivity contribution in [2.45, 2.75) is 13.0 Å². The SMILES string of the molecule is C#CN(C)[C@H]1C(c2nnc(C)o2)=Cc2c(OC)cccc21. The van der Waals surface area contributed by atoms with E-state index in [1.807, 2.05) is 31.3 Å². The second-order valence-corrected chi connectivity index (χ2v) is 4.83. The summed E-state index contributed by atoms with van der Waals surface area (Å²) in [5, 5.41) is 8.01. The molecule has 1 heterocycles. The van der Waals surface area contributed by atoms with Gasteiger partial charge >= 0.3 is 0 Å². The third kappa shape index (κ3) is 2.05. The number of fused-ring (bicyclic) bond motifs is 1. The van der Waals surface area contributed by atoms with Gasteiger partial charge in [0.05, 0.1) is 13.2 Å². The largest absolute Gasteiger partial charge is 0.496 e. The van der Waals surface area contributed by atoms with Crippen LogP contribution >= 0.6 is 0 Å². The fourth-order valence-electron chi connectivity index (χ4n) is 2.62. The van der Waals surface area contributed by atoms with E-state index in [0.29, 0.717) is 11.8 Å². The summed E-state index contributed by atoms with van der Waals surface area (Å²) < 4.78 is 11.0. The van der Waals surface area contributed by atoms with Gasteiger partial charge in [-0.3, -0.25) is 0 Å². The van der Waals surface area contributed by atoms with Gasteiger partial charge in [-0.05, 0) is 17.7 Å². The minimum atomic E-state index is -0.125. The summed E-state index contributed by atoms with van der Waals surface area (Å²) in [5.41, 5.74) is 2.95. The van der Waals surface area contributed by atoms with E-state index in [9.17, 15) is 0 Å². The molecule has 1 aliphatic carbocycles. The predicted molar refractivity (Wildman–Crippen MR) is 79.2 cm³/mol. The Bertz CT molecular complexity index is 755. The van der Waals surface area contributed by atoms with E-state index in [1.165, 1.54) is 0 Å².